The second-order valence-corrected chi connectivity index (χ2v) is 13.9. The fourth-order valence-corrected chi connectivity index (χ4v) is 8.60. The second-order valence-electron chi connectivity index (χ2n) is 12.3. The molecular weight excluding hydrogens is 587 g/mol. The van der Waals surface area contributed by atoms with Gasteiger partial charge in [-0.3, -0.25) is 4.90 Å². The number of para-hydroxylation sites is 1. The van der Waals surface area contributed by atoms with Gasteiger partial charge < -0.3 is 19.1 Å². The van der Waals surface area contributed by atoms with Crippen molar-refractivity contribution in [1.29, 1.82) is 5.26 Å². The molecule has 3 unspecified atom stereocenters. The summed E-state index contributed by atoms with van der Waals surface area (Å²) in [6.07, 6.45) is 6.61. The topological polar surface area (TPSA) is 101 Å². The number of piperidine rings is 1. The van der Waals surface area contributed by atoms with Gasteiger partial charge in [0.05, 0.1) is 50.4 Å². The van der Waals surface area contributed by atoms with Crippen LogP contribution < -0.4 is 4.74 Å². The maximum absolute atomic E-state index is 14.9. The van der Waals surface area contributed by atoms with Gasteiger partial charge in [0.25, 0.3) is 0 Å². The van der Waals surface area contributed by atoms with Crippen molar-refractivity contribution in [2.24, 2.45) is 0 Å². The Labute approximate surface area is 262 Å². The Hall–Kier alpha value is -4.30. The largest absolute Gasteiger partial charge is 0.481 e. The number of nitriles is 1. The van der Waals surface area contributed by atoms with Crippen LogP contribution in [0.5, 0.6) is 5.75 Å². The second kappa shape index (κ2) is 11.2. The fraction of sp³-hybridized carbons (Fsp3) is 0.343. The van der Waals surface area contributed by atoms with Gasteiger partial charge in [-0.1, -0.05) is 30.3 Å². The highest BCUT2D eigenvalue weighted by Gasteiger charge is 2.49. The predicted molar refractivity (Wildman–Crippen MR) is 167 cm³/mol. The maximum atomic E-state index is 14.9. The monoisotopic (exact) mass is 618 g/mol. The number of hydrogen-bond acceptors (Lipinski definition) is 6. The van der Waals surface area contributed by atoms with Crippen LogP contribution in [0.1, 0.15) is 75.4 Å². The molecule has 0 spiro atoms. The third-order valence-electron chi connectivity index (χ3n) is 9.62. The highest BCUT2D eigenvalue weighted by Crippen LogP contribution is 2.49. The lowest BCUT2D eigenvalue weighted by Gasteiger charge is -2.34. The van der Waals surface area contributed by atoms with Gasteiger partial charge in [-0.05, 0) is 85.8 Å². The summed E-state index contributed by atoms with van der Waals surface area (Å²) in [7, 11) is 0.751. The minimum Gasteiger partial charge on any atom is -0.481 e. The summed E-state index contributed by atoms with van der Waals surface area (Å²) in [5.74, 6) is 0.726. The number of nitrogens with zero attached hydrogens (tertiary/aromatic N) is 4. The third-order valence-corrected chi connectivity index (χ3v) is 11.3. The van der Waals surface area contributed by atoms with Gasteiger partial charge in [0, 0.05) is 23.4 Å². The van der Waals surface area contributed by atoms with Crippen molar-refractivity contribution in [3.63, 3.8) is 0 Å². The summed E-state index contributed by atoms with van der Waals surface area (Å²) in [6.45, 7) is 3.31. The van der Waals surface area contributed by atoms with Crippen molar-refractivity contribution in [3.8, 4) is 11.8 Å². The molecule has 8 nitrogen and oxygen atoms in total. The van der Waals surface area contributed by atoms with Crippen LogP contribution in [0.25, 0.3) is 17.1 Å². The van der Waals surface area contributed by atoms with E-state index < -0.39 is 17.9 Å². The first kappa shape index (κ1) is 28.2. The number of carbonyl (C=O) groups is 1. The van der Waals surface area contributed by atoms with E-state index in [1.165, 1.54) is 6.07 Å². The molecule has 2 radical (unpaired) electrons. The smallest absolute Gasteiger partial charge is 0.335 e. The maximum Gasteiger partial charge on any atom is 0.335 e. The van der Waals surface area contributed by atoms with Crippen molar-refractivity contribution in [2.75, 3.05) is 19.7 Å². The van der Waals surface area contributed by atoms with Crippen LogP contribution in [0.3, 0.4) is 0 Å². The first-order valence-corrected chi connectivity index (χ1v) is 16.6. The molecule has 45 heavy (non-hydrogen) atoms. The van der Waals surface area contributed by atoms with Crippen molar-refractivity contribution < 1.29 is 23.8 Å². The zero-order valence-electron chi connectivity index (χ0n) is 24.5. The van der Waals surface area contributed by atoms with Crippen LogP contribution in [0.2, 0.25) is 5.54 Å². The molecule has 0 saturated carbocycles. The van der Waals surface area contributed by atoms with Crippen molar-refractivity contribution in [2.45, 2.75) is 55.1 Å². The van der Waals surface area contributed by atoms with Crippen LogP contribution in [-0.2, 0) is 11.3 Å². The summed E-state index contributed by atoms with van der Waals surface area (Å²) >= 11 is 0. The third kappa shape index (κ3) is 5.15. The van der Waals surface area contributed by atoms with E-state index in [9.17, 15) is 14.3 Å². The van der Waals surface area contributed by atoms with E-state index in [0.29, 0.717) is 35.3 Å². The first-order chi connectivity index (χ1) is 22.0. The lowest BCUT2D eigenvalue weighted by Crippen LogP contribution is -2.33. The molecule has 3 aromatic carbocycles. The van der Waals surface area contributed by atoms with E-state index >= 15 is 0 Å². The number of ether oxygens (including phenoxy) is 2. The Morgan fingerprint density at radius 3 is 2.69 bits per heavy atom. The van der Waals surface area contributed by atoms with Crippen LogP contribution >= 0.6 is 0 Å². The minimum absolute atomic E-state index is 0.281. The minimum atomic E-state index is -0.929. The number of carboxylic acid groups (broad SMARTS) is 1. The van der Waals surface area contributed by atoms with Crippen LogP contribution in [-0.4, -0.2) is 60.8 Å². The van der Waals surface area contributed by atoms with Crippen LogP contribution in [0, 0.1) is 17.1 Å². The Kier molecular flexibility index (Phi) is 7.05. The molecule has 4 atom stereocenters. The Balaban J connectivity index is 1.00. The molecule has 1 aromatic heterocycles. The van der Waals surface area contributed by atoms with Gasteiger partial charge in [-0.25, -0.2) is 14.2 Å². The Morgan fingerprint density at radius 1 is 1.11 bits per heavy atom. The van der Waals surface area contributed by atoms with Gasteiger partial charge >= 0.3 is 5.97 Å². The molecule has 10 heteroatoms. The highest BCUT2D eigenvalue weighted by molar-refractivity contribution is 6.53. The van der Waals surface area contributed by atoms with Gasteiger partial charge in [0.2, 0.25) is 0 Å². The average Bonchev–Trinajstić information content (AvgIpc) is 3.70. The zero-order chi connectivity index (χ0) is 30.7. The van der Waals surface area contributed by atoms with E-state index in [-0.39, 0.29) is 11.1 Å². The van der Waals surface area contributed by atoms with Crippen LogP contribution in [0.15, 0.2) is 60.7 Å². The molecule has 8 rings (SSSR count). The molecule has 4 aliphatic rings. The number of halogens is 1. The number of hydrogen-bond donors (Lipinski definition) is 1. The number of aromatic carboxylic acids is 1. The molecule has 4 aromatic rings. The summed E-state index contributed by atoms with van der Waals surface area (Å²) in [5, 5.41) is 18.8. The SMILES string of the molecule is N#Cc1ccc(C2C=Cc3cccc(C4CCN(Cc5nc6ccc(C(=O)O)cc6n5C5[Si][C@@H]5C5CCO5)CC4)c3O2)c(F)c1. The zero-order valence-corrected chi connectivity index (χ0v) is 25.5. The molecule has 1 N–H and O–H groups in total. The molecule has 4 aliphatic heterocycles. The highest BCUT2D eigenvalue weighted by atomic mass is 28.2. The molecule has 0 bridgehead atoms. The summed E-state index contributed by atoms with van der Waals surface area (Å²) in [6, 6.07) is 17.9. The van der Waals surface area contributed by atoms with E-state index in [1.807, 2.05) is 30.4 Å². The Morgan fingerprint density at radius 2 is 1.96 bits per heavy atom. The van der Waals surface area contributed by atoms with Crippen molar-refractivity contribution in [1.82, 2.24) is 14.5 Å². The van der Waals surface area contributed by atoms with Crippen molar-refractivity contribution >= 4 is 32.6 Å². The number of imidazole rings is 1. The fourth-order valence-electron chi connectivity index (χ4n) is 7.04. The van der Waals surface area contributed by atoms with Crippen LogP contribution in [0.4, 0.5) is 4.39 Å². The molecule has 0 aliphatic carbocycles. The molecule has 3 saturated heterocycles. The lowest BCUT2D eigenvalue weighted by molar-refractivity contribution is -0.0494. The number of fused-ring (bicyclic) bond motifs is 2. The normalized spacial score (nSPS) is 24.4. The number of carboxylic acids is 1. The van der Waals surface area contributed by atoms with Gasteiger partial charge in [-0.15, -0.1) is 0 Å². The average molecular weight is 619 g/mol. The summed E-state index contributed by atoms with van der Waals surface area (Å²) in [4.78, 5) is 19.2. The summed E-state index contributed by atoms with van der Waals surface area (Å²) in [5.41, 5.74) is 5.65. The van der Waals surface area contributed by atoms with Gasteiger partial charge in [-0.2, -0.15) is 5.26 Å². The molecule has 226 valence electrons. The summed E-state index contributed by atoms with van der Waals surface area (Å²) < 4.78 is 29.4. The van der Waals surface area contributed by atoms with Gasteiger partial charge in [0.1, 0.15) is 23.5 Å². The number of rotatable bonds is 7. The molecular formula is C35H31FN4O4Si. The molecule has 5 heterocycles. The Bertz CT molecular complexity index is 1890. The van der Waals surface area contributed by atoms with Crippen molar-refractivity contribution in [3.05, 3.63) is 100 Å². The number of likely N-dealkylation sites (tertiary alicyclic amines) is 1. The van der Waals surface area contributed by atoms with Gasteiger partial charge in [0.15, 0.2) is 0 Å². The quantitative estimate of drug-likeness (QED) is 0.251. The lowest BCUT2D eigenvalue weighted by atomic mass is 9.87. The van der Waals surface area contributed by atoms with E-state index in [4.69, 9.17) is 19.7 Å². The first-order valence-electron chi connectivity index (χ1n) is 15.5. The van der Waals surface area contributed by atoms with E-state index in [0.717, 1.165) is 82.2 Å². The standard InChI is InChI=1S/C35H31FN4O4Si/c36-26-16-20(18-37)4-7-25(26)29-9-6-22-2-1-3-24(32(22)44-29)21-10-13-39(14-11-21)19-31-38-27-8-5-23(35(41)42)17-28(27)40(31)34-33(45-34)30-12-15-43-30/h1-9,16-17,21,29-30,33-34H,10-15,19H2,(H,41,42)/t29?,30?,33-,34?/m1/s1. The number of benzene rings is 3. The molecule has 0 amide bonds. The predicted octanol–water partition coefficient (Wildman–Crippen LogP) is 6.07. The molecule has 3 fully saturated rings. The van der Waals surface area contributed by atoms with E-state index in [1.54, 1.807) is 24.3 Å². The van der Waals surface area contributed by atoms with E-state index in [2.05, 4.69) is 21.6 Å². The number of aromatic nitrogens is 2.